The van der Waals surface area contributed by atoms with Crippen molar-refractivity contribution in [3.05, 3.63) is 187 Å². The minimum absolute atomic E-state index is 0.0171. The lowest BCUT2D eigenvalue weighted by Gasteiger charge is -2.12. The fraction of sp³-hybridized carbons (Fsp3) is 0.138. The van der Waals surface area contributed by atoms with Gasteiger partial charge in [0, 0.05) is 24.5 Å². The molecule has 0 atom stereocenters. The highest BCUT2D eigenvalue weighted by molar-refractivity contribution is 6.18. The van der Waals surface area contributed by atoms with Gasteiger partial charge in [-0.1, -0.05) is 26.7 Å². The van der Waals surface area contributed by atoms with Crippen LogP contribution in [0.3, 0.4) is 0 Å². The van der Waals surface area contributed by atoms with Crippen molar-refractivity contribution in [1.29, 1.82) is 0 Å². The molecule has 4 aliphatic rings. The molecule has 0 spiro atoms. The Morgan fingerprint density at radius 2 is 0.650 bits per heavy atom. The second kappa shape index (κ2) is 22.4. The van der Waals surface area contributed by atoms with Crippen molar-refractivity contribution < 1.29 is 105 Å². The number of fused-ring (bicyclic) bond motifs is 4. The van der Waals surface area contributed by atoms with Gasteiger partial charge in [-0.25, -0.2) is 57.5 Å². The van der Waals surface area contributed by atoms with Crippen molar-refractivity contribution in [2.45, 2.75) is 52.4 Å². The van der Waals surface area contributed by atoms with Gasteiger partial charge in [0.25, 0.3) is 0 Å². The molecule has 0 saturated carbocycles. The first-order valence-corrected chi connectivity index (χ1v) is 24.2. The average molecular weight is 1080 g/mol. The summed E-state index contributed by atoms with van der Waals surface area (Å²) in [5, 5.41) is 0. The molecule has 0 fully saturated rings. The third kappa shape index (κ3) is 11.2. The van der Waals surface area contributed by atoms with Crippen LogP contribution >= 0.6 is 0 Å². The molecule has 0 amide bonds. The highest BCUT2D eigenvalue weighted by Crippen LogP contribution is 2.32. The fourth-order valence-corrected chi connectivity index (χ4v) is 8.19. The van der Waals surface area contributed by atoms with Crippen LogP contribution in [-0.4, -0.2) is 83.2 Å². The lowest BCUT2D eigenvalue weighted by Crippen LogP contribution is -2.14. The number of hydrogen-bond donors (Lipinski definition) is 0. The third-order valence-corrected chi connectivity index (χ3v) is 12.3. The third-order valence-electron chi connectivity index (χ3n) is 12.3. The lowest BCUT2D eigenvalue weighted by molar-refractivity contribution is 0.0425. The maximum Gasteiger partial charge on any atom is 0.346 e. The zero-order valence-electron chi connectivity index (χ0n) is 41.6. The standard InChI is InChI=1S/2C29H18O11/c1-2-3-4-22(30)21-13-16(37-24(31)14-5-8-17-19(11-14)28(35)39-26(17)33)7-10-23(21)38-25(32)15-6-9-18-20(12-15)29(36)40-27(18)34;1-2-3-4-23(30)16-9-17(37-24(31)14-5-7-19-21(11-14)28(35)39-26(19)33)13-18(10-16)38-25(32)15-6-8-20-22(12-15)29(36)40-27(20)34/h2*5-13H,2-4H2,1H3. The molecule has 4 aliphatic heterocycles. The van der Waals surface area contributed by atoms with Gasteiger partial charge < -0.3 is 37.9 Å². The van der Waals surface area contributed by atoms with Gasteiger partial charge >= 0.3 is 71.6 Å². The maximum absolute atomic E-state index is 13.0. The number of cyclic esters (lactones) is 8. The predicted molar refractivity (Wildman–Crippen MR) is 265 cm³/mol. The molecule has 0 aliphatic carbocycles. The lowest BCUT2D eigenvalue weighted by atomic mass is 10.0. The summed E-state index contributed by atoms with van der Waals surface area (Å²) in [6.45, 7) is 3.81. The Balaban J connectivity index is 0.000000194. The van der Waals surface area contributed by atoms with E-state index in [4.69, 9.17) is 18.9 Å². The molecule has 0 saturated heterocycles. The number of rotatable bonds is 16. The van der Waals surface area contributed by atoms with Gasteiger partial charge in [0.1, 0.15) is 23.0 Å². The average Bonchev–Trinajstić information content (AvgIpc) is 4.12. The summed E-state index contributed by atoms with van der Waals surface area (Å²) in [6.07, 6.45) is 2.97. The minimum Gasteiger partial charge on any atom is -0.423 e. The molecule has 0 aromatic heterocycles. The van der Waals surface area contributed by atoms with E-state index in [2.05, 4.69) is 18.9 Å². The summed E-state index contributed by atoms with van der Waals surface area (Å²) < 4.78 is 39.8. The number of unbranched alkanes of at least 4 members (excludes halogenated alkanes) is 2. The Kier molecular flexibility index (Phi) is 15.1. The van der Waals surface area contributed by atoms with Crippen molar-refractivity contribution in [2.24, 2.45) is 0 Å². The number of carbonyl (C=O) groups excluding carboxylic acids is 14. The topological polar surface area (TPSA) is 313 Å². The highest BCUT2D eigenvalue weighted by Gasteiger charge is 2.35. The molecule has 22 heteroatoms. The van der Waals surface area contributed by atoms with Crippen molar-refractivity contribution in [3.63, 3.8) is 0 Å². The van der Waals surface area contributed by atoms with E-state index in [0.29, 0.717) is 12.8 Å². The molecule has 6 aromatic carbocycles. The van der Waals surface area contributed by atoms with Crippen LogP contribution in [0, 0.1) is 0 Å². The van der Waals surface area contributed by atoms with Crippen LogP contribution in [0.5, 0.6) is 23.0 Å². The zero-order valence-corrected chi connectivity index (χ0v) is 41.6. The van der Waals surface area contributed by atoms with Crippen LogP contribution in [0.2, 0.25) is 0 Å². The maximum atomic E-state index is 13.0. The van der Waals surface area contributed by atoms with E-state index >= 15 is 0 Å². The van der Waals surface area contributed by atoms with Gasteiger partial charge in [0.2, 0.25) is 0 Å². The molecule has 0 bridgehead atoms. The molecule has 6 aromatic rings. The SMILES string of the molecule is CCCCC(=O)c1cc(OC(=O)c2ccc3c(c2)C(=O)OC3=O)cc(OC(=O)c2ccc3c(c2)C(=O)OC3=O)c1.CCCCC(=O)c1cc(OC(=O)c2ccc3c(c2)C(=O)OC3=O)ccc1OC(=O)c1ccc2c(c1)C(=O)OC2=O. The van der Waals surface area contributed by atoms with E-state index in [0.717, 1.165) is 25.0 Å². The second-order valence-electron chi connectivity index (χ2n) is 17.7. The molecular formula is C58H36O22. The number of ketones is 2. The Hall–Kier alpha value is -10.9. The smallest absolute Gasteiger partial charge is 0.346 e. The summed E-state index contributed by atoms with van der Waals surface area (Å²) in [4.78, 5) is 171. The summed E-state index contributed by atoms with van der Waals surface area (Å²) in [5.41, 5.74) is -0.349. The van der Waals surface area contributed by atoms with Gasteiger partial charge in [-0.05, 0) is 116 Å². The van der Waals surface area contributed by atoms with Crippen LogP contribution in [0.1, 0.15) is 197 Å². The van der Waals surface area contributed by atoms with E-state index in [1.165, 1.54) is 97.1 Å². The summed E-state index contributed by atoms with van der Waals surface area (Å²) >= 11 is 0. The predicted octanol–water partition coefficient (Wildman–Crippen LogP) is 8.24. The van der Waals surface area contributed by atoms with Gasteiger partial charge in [-0.15, -0.1) is 0 Å². The molecule has 80 heavy (non-hydrogen) atoms. The summed E-state index contributed by atoms with van der Waals surface area (Å²) in [7, 11) is 0. The first-order chi connectivity index (χ1) is 38.3. The molecule has 10 rings (SSSR count). The van der Waals surface area contributed by atoms with Crippen molar-refractivity contribution in [2.75, 3.05) is 0 Å². The van der Waals surface area contributed by atoms with Crippen LogP contribution in [0.4, 0.5) is 0 Å². The first-order valence-electron chi connectivity index (χ1n) is 24.2. The molecule has 400 valence electrons. The molecule has 0 N–H and O–H groups in total. The van der Waals surface area contributed by atoms with Crippen molar-refractivity contribution >= 4 is 83.2 Å². The number of hydrogen-bond acceptors (Lipinski definition) is 22. The second-order valence-corrected chi connectivity index (χ2v) is 17.7. The van der Waals surface area contributed by atoms with Gasteiger partial charge in [-0.3, -0.25) is 9.59 Å². The first kappa shape index (κ1) is 53.9. The van der Waals surface area contributed by atoms with E-state index < -0.39 is 71.6 Å². The number of carbonyl (C=O) groups is 14. The van der Waals surface area contributed by atoms with Gasteiger partial charge in [-0.2, -0.15) is 0 Å². The quantitative estimate of drug-likeness (QED) is 0.0289. The number of benzene rings is 6. The van der Waals surface area contributed by atoms with Gasteiger partial charge in [0.05, 0.1) is 72.3 Å². The number of Topliss-reactive ketones (excluding diaryl/α,β-unsaturated/α-hetero) is 2. The minimum atomic E-state index is -0.910. The van der Waals surface area contributed by atoms with Crippen LogP contribution < -0.4 is 18.9 Å². The highest BCUT2D eigenvalue weighted by atomic mass is 16.6. The molecule has 4 heterocycles. The summed E-state index contributed by atoms with van der Waals surface area (Å²) in [6, 6.07) is 22.5. The Morgan fingerprint density at radius 3 is 1.01 bits per heavy atom. The Labute approximate surface area is 449 Å². The largest absolute Gasteiger partial charge is 0.423 e. The molecule has 0 radical (unpaired) electrons. The van der Waals surface area contributed by atoms with Crippen LogP contribution in [0.25, 0.3) is 0 Å². The Morgan fingerprint density at radius 1 is 0.325 bits per heavy atom. The number of ether oxygens (including phenoxy) is 8. The van der Waals surface area contributed by atoms with E-state index in [1.54, 1.807) is 0 Å². The number of esters is 12. The van der Waals surface area contributed by atoms with Gasteiger partial charge in [0.15, 0.2) is 11.6 Å². The van der Waals surface area contributed by atoms with E-state index in [9.17, 15) is 67.1 Å². The van der Waals surface area contributed by atoms with Crippen LogP contribution in [0.15, 0.2) is 109 Å². The zero-order chi connectivity index (χ0) is 57.1. The van der Waals surface area contributed by atoms with E-state index in [-0.39, 0.29) is 125 Å². The van der Waals surface area contributed by atoms with E-state index in [1.807, 2.05) is 13.8 Å². The Bertz CT molecular complexity index is 3710. The fourth-order valence-electron chi connectivity index (χ4n) is 8.19. The molecule has 22 nitrogen and oxygen atoms in total. The monoisotopic (exact) mass is 1080 g/mol. The van der Waals surface area contributed by atoms with Crippen LogP contribution in [-0.2, 0) is 18.9 Å². The summed E-state index contributed by atoms with van der Waals surface area (Å²) in [5.74, 6) is -11.5. The molecular weight excluding hydrogens is 1050 g/mol. The normalized spacial score (nSPS) is 13.3. The van der Waals surface area contributed by atoms with Crippen molar-refractivity contribution in [1.82, 2.24) is 0 Å². The van der Waals surface area contributed by atoms with Crippen molar-refractivity contribution in [3.8, 4) is 23.0 Å². The molecule has 0 unspecified atom stereocenters.